The second kappa shape index (κ2) is 9.75. The van der Waals surface area contributed by atoms with E-state index in [1.54, 1.807) is 0 Å². The van der Waals surface area contributed by atoms with Crippen molar-refractivity contribution in [1.29, 1.82) is 0 Å². The van der Waals surface area contributed by atoms with Crippen molar-refractivity contribution in [2.45, 2.75) is 38.5 Å². The molecular weight excluding hydrogens is 350 g/mol. The fourth-order valence-electron chi connectivity index (χ4n) is 4.96. The predicted molar refractivity (Wildman–Crippen MR) is 113 cm³/mol. The molecule has 2 fully saturated rings. The summed E-state index contributed by atoms with van der Waals surface area (Å²) in [7, 11) is 0. The summed E-state index contributed by atoms with van der Waals surface area (Å²) in [6.07, 6.45) is 6.74. The molecule has 2 heterocycles. The number of ether oxygens (including phenoxy) is 1. The monoisotopic (exact) mass is 385 g/mol. The van der Waals surface area contributed by atoms with Crippen LogP contribution in [-0.2, 0) is 16.0 Å². The number of rotatable bonds is 8. The van der Waals surface area contributed by atoms with E-state index in [9.17, 15) is 4.79 Å². The van der Waals surface area contributed by atoms with Crippen molar-refractivity contribution in [3.05, 3.63) is 29.8 Å². The number of benzene rings is 1. The predicted octanol–water partition coefficient (Wildman–Crippen LogP) is 2.60. The minimum absolute atomic E-state index is 0.213. The van der Waals surface area contributed by atoms with Gasteiger partial charge in [-0.05, 0) is 68.5 Å². The van der Waals surface area contributed by atoms with Crippen LogP contribution in [0, 0.1) is 17.8 Å². The highest BCUT2D eigenvalue weighted by molar-refractivity contribution is 5.78. The molecule has 1 atom stereocenters. The van der Waals surface area contributed by atoms with Gasteiger partial charge in [0.15, 0.2) is 0 Å². The van der Waals surface area contributed by atoms with Crippen molar-refractivity contribution in [3.8, 4) is 0 Å². The molecule has 1 aromatic carbocycles. The fraction of sp³-hybridized carbons (Fsp3) is 0.696. The zero-order valence-corrected chi connectivity index (χ0v) is 17.0. The van der Waals surface area contributed by atoms with Crippen LogP contribution >= 0.6 is 0 Å². The molecule has 1 amide bonds. The average molecular weight is 386 g/mol. The maximum absolute atomic E-state index is 12.6. The maximum atomic E-state index is 12.6. The Morgan fingerprint density at radius 1 is 1.07 bits per heavy atom. The molecule has 5 heteroatoms. The zero-order chi connectivity index (χ0) is 19.2. The van der Waals surface area contributed by atoms with Crippen molar-refractivity contribution >= 4 is 11.6 Å². The van der Waals surface area contributed by atoms with E-state index >= 15 is 0 Å². The third kappa shape index (κ3) is 5.06. The molecule has 5 nitrogen and oxygen atoms in total. The van der Waals surface area contributed by atoms with Gasteiger partial charge in [-0.15, -0.1) is 0 Å². The minimum Gasteiger partial charge on any atom is -0.381 e. The molecule has 2 N–H and O–H groups in total. The van der Waals surface area contributed by atoms with Crippen molar-refractivity contribution in [1.82, 2.24) is 10.6 Å². The van der Waals surface area contributed by atoms with Gasteiger partial charge in [-0.25, -0.2) is 0 Å². The Bertz CT molecular complexity index is 636. The molecule has 4 rings (SSSR count). The molecule has 1 unspecified atom stereocenters. The van der Waals surface area contributed by atoms with Crippen LogP contribution in [0.15, 0.2) is 24.3 Å². The second-order valence-electron chi connectivity index (χ2n) is 8.76. The molecule has 0 bridgehead atoms. The van der Waals surface area contributed by atoms with Gasteiger partial charge >= 0.3 is 0 Å². The quantitative estimate of drug-likeness (QED) is 0.722. The first-order valence-electron chi connectivity index (χ1n) is 11.2. The van der Waals surface area contributed by atoms with Gasteiger partial charge < -0.3 is 20.3 Å². The number of amides is 1. The molecule has 0 aromatic heterocycles. The number of nitrogens with zero attached hydrogens (tertiary/aromatic N) is 1. The molecule has 28 heavy (non-hydrogen) atoms. The molecule has 0 radical (unpaired) electrons. The molecule has 3 aliphatic rings. The summed E-state index contributed by atoms with van der Waals surface area (Å²) >= 11 is 0. The maximum Gasteiger partial charge on any atom is 0.223 e. The summed E-state index contributed by atoms with van der Waals surface area (Å²) < 4.78 is 5.43. The molecule has 1 saturated heterocycles. The van der Waals surface area contributed by atoms with Gasteiger partial charge in [0.05, 0.1) is 6.61 Å². The lowest BCUT2D eigenvalue weighted by Crippen LogP contribution is -2.39. The summed E-state index contributed by atoms with van der Waals surface area (Å²) in [4.78, 5) is 14.9. The van der Waals surface area contributed by atoms with E-state index in [1.807, 2.05) is 0 Å². The molecule has 1 aliphatic carbocycles. The Kier molecular flexibility index (Phi) is 6.86. The Hall–Kier alpha value is -1.59. The van der Waals surface area contributed by atoms with Crippen LogP contribution in [0.25, 0.3) is 0 Å². The minimum atomic E-state index is 0.213. The molecule has 0 spiro atoms. The Morgan fingerprint density at radius 2 is 1.89 bits per heavy atom. The summed E-state index contributed by atoms with van der Waals surface area (Å²) in [5, 5.41) is 6.82. The Labute approximate surface area is 169 Å². The SMILES string of the molecule is O=C(NCCN1CCc2ccccc21)C1CCC(CNCC2CCOC2)CC1. The lowest BCUT2D eigenvalue weighted by molar-refractivity contribution is -0.126. The Morgan fingerprint density at radius 3 is 2.71 bits per heavy atom. The first kappa shape index (κ1) is 19.7. The van der Waals surface area contributed by atoms with Gasteiger partial charge in [-0.1, -0.05) is 18.2 Å². The Balaban J connectivity index is 1.10. The van der Waals surface area contributed by atoms with Crippen LogP contribution < -0.4 is 15.5 Å². The number of fused-ring (bicyclic) bond motifs is 1. The fourth-order valence-corrected chi connectivity index (χ4v) is 4.96. The van der Waals surface area contributed by atoms with Crippen LogP contribution in [0.1, 0.15) is 37.7 Å². The van der Waals surface area contributed by atoms with Crippen molar-refractivity contribution in [2.75, 3.05) is 50.8 Å². The lowest BCUT2D eigenvalue weighted by atomic mass is 9.81. The lowest BCUT2D eigenvalue weighted by Gasteiger charge is -2.28. The van der Waals surface area contributed by atoms with E-state index < -0.39 is 0 Å². The normalized spacial score (nSPS) is 27.0. The first-order chi connectivity index (χ1) is 13.8. The standard InChI is InChI=1S/C23H35N3O2/c27-23(25-11-13-26-12-9-20-3-1-2-4-22(20)26)21-7-5-18(6-8-21)15-24-16-19-10-14-28-17-19/h1-4,18-19,21,24H,5-17H2,(H,25,27). The third-order valence-corrected chi connectivity index (χ3v) is 6.77. The van der Waals surface area contributed by atoms with Gasteiger partial charge in [0.25, 0.3) is 0 Å². The van der Waals surface area contributed by atoms with Crippen LogP contribution in [0.3, 0.4) is 0 Å². The summed E-state index contributed by atoms with van der Waals surface area (Å²) in [5.41, 5.74) is 2.77. The largest absolute Gasteiger partial charge is 0.381 e. The van der Waals surface area contributed by atoms with E-state index in [-0.39, 0.29) is 11.8 Å². The van der Waals surface area contributed by atoms with Crippen LogP contribution in [0.5, 0.6) is 0 Å². The van der Waals surface area contributed by atoms with Gasteiger partial charge in [0, 0.05) is 44.4 Å². The van der Waals surface area contributed by atoms with Gasteiger partial charge in [0.1, 0.15) is 0 Å². The van der Waals surface area contributed by atoms with Crippen LogP contribution in [0.4, 0.5) is 5.69 Å². The van der Waals surface area contributed by atoms with E-state index in [0.29, 0.717) is 5.92 Å². The van der Waals surface area contributed by atoms with E-state index in [4.69, 9.17) is 4.74 Å². The van der Waals surface area contributed by atoms with Crippen molar-refractivity contribution < 1.29 is 9.53 Å². The van der Waals surface area contributed by atoms with E-state index in [0.717, 1.165) is 71.1 Å². The second-order valence-corrected chi connectivity index (χ2v) is 8.76. The highest BCUT2D eigenvalue weighted by Gasteiger charge is 2.26. The van der Waals surface area contributed by atoms with Gasteiger partial charge in [-0.3, -0.25) is 4.79 Å². The highest BCUT2D eigenvalue weighted by atomic mass is 16.5. The number of hydrogen-bond acceptors (Lipinski definition) is 4. The molecule has 1 aromatic rings. The molecule has 1 saturated carbocycles. The van der Waals surface area contributed by atoms with E-state index in [1.165, 1.54) is 30.5 Å². The average Bonchev–Trinajstić information content (AvgIpc) is 3.39. The summed E-state index contributed by atoms with van der Waals surface area (Å²) in [6, 6.07) is 8.62. The van der Waals surface area contributed by atoms with Crippen molar-refractivity contribution in [2.24, 2.45) is 17.8 Å². The van der Waals surface area contributed by atoms with Crippen LogP contribution in [-0.4, -0.2) is 51.8 Å². The smallest absolute Gasteiger partial charge is 0.223 e. The van der Waals surface area contributed by atoms with Crippen molar-refractivity contribution in [3.63, 3.8) is 0 Å². The highest BCUT2D eigenvalue weighted by Crippen LogP contribution is 2.29. The van der Waals surface area contributed by atoms with Crippen LogP contribution in [0.2, 0.25) is 0 Å². The number of carbonyl (C=O) groups excluding carboxylic acids is 1. The number of hydrogen-bond donors (Lipinski definition) is 2. The summed E-state index contributed by atoms with van der Waals surface area (Å²) in [6.45, 7) is 6.75. The van der Waals surface area contributed by atoms with Gasteiger partial charge in [0.2, 0.25) is 5.91 Å². The molecular formula is C23H35N3O2. The van der Waals surface area contributed by atoms with E-state index in [2.05, 4.69) is 39.8 Å². The number of nitrogens with one attached hydrogen (secondary N) is 2. The third-order valence-electron chi connectivity index (χ3n) is 6.77. The number of carbonyl (C=O) groups is 1. The topological polar surface area (TPSA) is 53.6 Å². The first-order valence-corrected chi connectivity index (χ1v) is 11.2. The zero-order valence-electron chi connectivity index (χ0n) is 17.0. The number of para-hydroxylation sites is 1. The number of anilines is 1. The molecule has 2 aliphatic heterocycles. The molecule has 154 valence electrons. The summed E-state index contributed by atoms with van der Waals surface area (Å²) in [5.74, 6) is 1.91. The van der Waals surface area contributed by atoms with Gasteiger partial charge in [-0.2, -0.15) is 0 Å².